The highest BCUT2D eigenvalue weighted by Crippen LogP contribution is 2.36. The molecule has 160 valence electrons. The van der Waals surface area contributed by atoms with Gasteiger partial charge in [-0.2, -0.15) is 0 Å². The van der Waals surface area contributed by atoms with Crippen molar-refractivity contribution in [2.24, 2.45) is 0 Å². The van der Waals surface area contributed by atoms with Crippen molar-refractivity contribution in [1.29, 1.82) is 0 Å². The molecule has 1 amide bonds. The first kappa shape index (κ1) is 21.5. The smallest absolute Gasteiger partial charge is 0.259 e. The van der Waals surface area contributed by atoms with Crippen LogP contribution in [0.15, 0.2) is 66.7 Å². The van der Waals surface area contributed by atoms with Crippen molar-refractivity contribution in [3.05, 3.63) is 87.9 Å². The van der Waals surface area contributed by atoms with Gasteiger partial charge in [0.2, 0.25) is 0 Å². The molecule has 0 saturated heterocycles. The largest absolute Gasteiger partial charge is 0.507 e. The molecule has 31 heavy (non-hydrogen) atoms. The van der Waals surface area contributed by atoms with Gasteiger partial charge in [0.05, 0.1) is 5.56 Å². The van der Waals surface area contributed by atoms with E-state index >= 15 is 0 Å². The van der Waals surface area contributed by atoms with E-state index in [2.05, 4.69) is 17.4 Å². The molecule has 0 unspecified atom stereocenters. The number of phenols is 1. The molecule has 1 fully saturated rings. The van der Waals surface area contributed by atoms with Gasteiger partial charge in [0, 0.05) is 27.7 Å². The maximum atomic E-state index is 12.6. The van der Waals surface area contributed by atoms with Crippen molar-refractivity contribution in [3.63, 3.8) is 0 Å². The Labute approximate surface area is 191 Å². The van der Waals surface area contributed by atoms with E-state index in [9.17, 15) is 9.90 Å². The van der Waals surface area contributed by atoms with E-state index < -0.39 is 5.91 Å². The second kappa shape index (κ2) is 9.63. The third kappa shape index (κ3) is 5.33. The van der Waals surface area contributed by atoms with Crippen molar-refractivity contribution >= 4 is 34.8 Å². The van der Waals surface area contributed by atoms with Crippen molar-refractivity contribution in [1.82, 2.24) is 0 Å². The summed E-state index contributed by atoms with van der Waals surface area (Å²) in [6.45, 7) is 0. The summed E-state index contributed by atoms with van der Waals surface area (Å²) in [6.07, 6.45) is 4.39. The zero-order chi connectivity index (χ0) is 21.8. The minimum absolute atomic E-state index is 0.0536. The van der Waals surface area contributed by atoms with Gasteiger partial charge in [0.15, 0.2) is 0 Å². The van der Waals surface area contributed by atoms with Crippen molar-refractivity contribution in [3.8, 4) is 11.5 Å². The summed E-state index contributed by atoms with van der Waals surface area (Å²) in [4.78, 5) is 12.6. The molecule has 2 N–H and O–H groups in total. The predicted molar refractivity (Wildman–Crippen MR) is 125 cm³/mol. The van der Waals surface area contributed by atoms with Crippen molar-refractivity contribution in [2.45, 2.75) is 37.7 Å². The van der Waals surface area contributed by atoms with Crippen molar-refractivity contribution < 1.29 is 14.6 Å². The van der Waals surface area contributed by atoms with Gasteiger partial charge in [-0.25, -0.2) is 0 Å². The average molecular weight is 456 g/mol. The number of halogens is 2. The molecule has 4 nitrogen and oxygen atoms in total. The first-order valence-electron chi connectivity index (χ1n) is 10.3. The van der Waals surface area contributed by atoms with Crippen LogP contribution < -0.4 is 10.1 Å². The Morgan fingerprint density at radius 3 is 2.48 bits per heavy atom. The number of amides is 1. The molecule has 0 bridgehead atoms. The molecule has 3 aromatic rings. The number of benzene rings is 3. The Hall–Kier alpha value is -2.69. The summed E-state index contributed by atoms with van der Waals surface area (Å²) in [5.41, 5.74) is 1.93. The Balaban J connectivity index is 1.49. The fraction of sp³-hybridized carbons (Fsp3) is 0.240. The Morgan fingerprint density at radius 1 is 0.935 bits per heavy atom. The predicted octanol–water partition coefficient (Wildman–Crippen LogP) is 7.06. The number of phenolic OH excluding ortho intramolecular Hbond substituents is 1. The van der Waals surface area contributed by atoms with Gasteiger partial charge in [-0.3, -0.25) is 4.79 Å². The third-order valence-corrected chi connectivity index (χ3v) is 6.07. The van der Waals surface area contributed by atoms with Crippen LogP contribution in [0.5, 0.6) is 11.5 Å². The number of hydrogen-bond acceptors (Lipinski definition) is 3. The highest BCUT2D eigenvalue weighted by molar-refractivity contribution is 6.31. The molecule has 4 rings (SSSR count). The molecule has 3 aromatic carbocycles. The van der Waals surface area contributed by atoms with Crippen LogP contribution in [-0.2, 0) is 0 Å². The summed E-state index contributed by atoms with van der Waals surface area (Å²) >= 11 is 12.0. The van der Waals surface area contributed by atoms with Crippen LogP contribution in [-0.4, -0.2) is 17.1 Å². The lowest BCUT2D eigenvalue weighted by Gasteiger charge is -2.32. The van der Waals surface area contributed by atoms with Gasteiger partial charge >= 0.3 is 0 Å². The monoisotopic (exact) mass is 455 g/mol. The molecule has 0 heterocycles. The minimum Gasteiger partial charge on any atom is -0.507 e. The molecule has 1 aliphatic rings. The van der Waals surface area contributed by atoms with Gasteiger partial charge in [0.1, 0.15) is 17.6 Å². The topological polar surface area (TPSA) is 58.6 Å². The van der Waals surface area contributed by atoms with E-state index in [1.165, 1.54) is 30.2 Å². The minimum atomic E-state index is -0.436. The zero-order valence-electron chi connectivity index (χ0n) is 16.9. The average Bonchev–Trinajstić information content (AvgIpc) is 2.77. The quantitative estimate of drug-likeness (QED) is 0.432. The highest BCUT2D eigenvalue weighted by atomic mass is 35.5. The van der Waals surface area contributed by atoms with E-state index in [0.29, 0.717) is 22.4 Å². The Bertz CT molecular complexity index is 1070. The van der Waals surface area contributed by atoms with Gasteiger partial charge < -0.3 is 15.2 Å². The molecule has 2 atom stereocenters. The van der Waals surface area contributed by atoms with Crippen LogP contribution in [0.2, 0.25) is 10.0 Å². The summed E-state index contributed by atoms with van der Waals surface area (Å²) < 4.78 is 6.37. The number of ether oxygens (including phenoxy) is 1. The number of carbonyl (C=O) groups excluding carboxylic acids is 1. The normalized spacial score (nSPS) is 18.4. The fourth-order valence-corrected chi connectivity index (χ4v) is 4.34. The van der Waals surface area contributed by atoms with E-state index in [0.717, 1.165) is 24.3 Å². The van der Waals surface area contributed by atoms with Crippen LogP contribution >= 0.6 is 23.2 Å². The standard InChI is InChI=1S/C25H23Cl2NO3/c26-17-10-8-16(9-11-17)21-6-1-2-7-24(21)31-20-5-3-4-19(15-20)28-25(30)22-14-18(27)12-13-23(22)29/h3-5,8-15,21,24,29H,1-2,6-7H2,(H,28,30)/t21-,24-/m1/s1. The Kier molecular flexibility index (Phi) is 6.69. The SMILES string of the molecule is O=C(Nc1cccc(O[C@@H]2CCCC[C@@H]2c2ccc(Cl)cc2)c1)c1cc(Cl)ccc1O. The van der Waals surface area contributed by atoms with Crippen LogP contribution in [0, 0.1) is 0 Å². The van der Waals surface area contributed by atoms with Gasteiger partial charge in [0.25, 0.3) is 5.91 Å². The number of carbonyl (C=O) groups is 1. The lowest BCUT2D eigenvalue weighted by molar-refractivity contribution is 0.102. The van der Waals surface area contributed by atoms with Crippen LogP contribution in [0.25, 0.3) is 0 Å². The number of aromatic hydroxyl groups is 1. The summed E-state index contributed by atoms with van der Waals surface area (Å²) in [7, 11) is 0. The fourth-order valence-electron chi connectivity index (χ4n) is 4.04. The second-order valence-electron chi connectivity index (χ2n) is 7.74. The van der Waals surface area contributed by atoms with Crippen LogP contribution in [0.4, 0.5) is 5.69 Å². The molecular weight excluding hydrogens is 433 g/mol. The molecule has 0 aliphatic heterocycles. The van der Waals surface area contributed by atoms with Crippen LogP contribution in [0.3, 0.4) is 0 Å². The lowest BCUT2D eigenvalue weighted by atomic mass is 9.81. The first-order valence-corrected chi connectivity index (χ1v) is 11.1. The van der Waals surface area contributed by atoms with Crippen molar-refractivity contribution in [2.75, 3.05) is 5.32 Å². The van der Waals surface area contributed by atoms with E-state index in [1.54, 1.807) is 12.1 Å². The first-order chi connectivity index (χ1) is 15.0. The molecule has 0 radical (unpaired) electrons. The maximum absolute atomic E-state index is 12.6. The van der Waals surface area contributed by atoms with Gasteiger partial charge in [-0.15, -0.1) is 0 Å². The van der Waals surface area contributed by atoms with Gasteiger partial charge in [-0.1, -0.05) is 47.8 Å². The lowest BCUT2D eigenvalue weighted by Crippen LogP contribution is -2.28. The maximum Gasteiger partial charge on any atom is 0.259 e. The van der Waals surface area contributed by atoms with E-state index in [-0.39, 0.29) is 17.4 Å². The molecule has 1 saturated carbocycles. The number of anilines is 1. The molecule has 1 aliphatic carbocycles. The second-order valence-corrected chi connectivity index (χ2v) is 8.62. The van der Waals surface area contributed by atoms with Crippen LogP contribution in [0.1, 0.15) is 47.5 Å². The molecule has 6 heteroatoms. The zero-order valence-corrected chi connectivity index (χ0v) is 18.4. The van der Waals surface area contributed by atoms with E-state index in [1.807, 2.05) is 24.3 Å². The molecular formula is C25H23Cl2NO3. The number of nitrogens with one attached hydrogen (secondary N) is 1. The highest BCUT2D eigenvalue weighted by Gasteiger charge is 2.28. The van der Waals surface area contributed by atoms with E-state index in [4.69, 9.17) is 27.9 Å². The summed E-state index contributed by atoms with van der Waals surface area (Å²) in [6, 6.07) is 19.7. The summed E-state index contributed by atoms with van der Waals surface area (Å²) in [5.74, 6) is 0.433. The number of rotatable bonds is 5. The molecule has 0 aromatic heterocycles. The summed E-state index contributed by atoms with van der Waals surface area (Å²) in [5, 5.41) is 13.9. The third-order valence-electron chi connectivity index (χ3n) is 5.58. The van der Waals surface area contributed by atoms with Gasteiger partial charge in [-0.05, 0) is 67.3 Å². The molecule has 0 spiro atoms. The number of hydrogen-bond donors (Lipinski definition) is 2. The Morgan fingerprint density at radius 2 is 1.68 bits per heavy atom.